The van der Waals surface area contributed by atoms with Crippen LogP contribution in [0.4, 0.5) is 0 Å². The van der Waals surface area contributed by atoms with Gasteiger partial charge in [-0.05, 0) is 65.7 Å². The lowest BCUT2D eigenvalue weighted by Gasteiger charge is -2.62. The summed E-state index contributed by atoms with van der Waals surface area (Å²) < 4.78 is 11.7. The first kappa shape index (κ1) is 18.2. The van der Waals surface area contributed by atoms with E-state index in [9.17, 15) is 14.4 Å². The van der Waals surface area contributed by atoms with Crippen LogP contribution in [0.2, 0.25) is 0 Å². The van der Waals surface area contributed by atoms with Crippen LogP contribution in [0.25, 0.3) is 0 Å². The lowest BCUT2D eigenvalue weighted by molar-refractivity contribution is -0.247. The summed E-state index contributed by atoms with van der Waals surface area (Å²) in [7, 11) is 0. The number of aliphatic carboxylic acids is 1. The van der Waals surface area contributed by atoms with E-state index in [1.54, 1.807) is 0 Å². The van der Waals surface area contributed by atoms with Gasteiger partial charge < -0.3 is 14.6 Å². The van der Waals surface area contributed by atoms with Crippen molar-refractivity contribution in [3.8, 4) is 0 Å². The van der Waals surface area contributed by atoms with Crippen LogP contribution in [0.3, 0.4) is 0 Å². The molecule has 0 spiro atoms. The number of esters is 2. The van der Waals surface area contributed by atoms with Gasteiger partial charge in [-0.2, -0.15) is 0 Å². The van der Waals surface area contributed by atoms with Gasteiger partial charge in [0.25, 0.3) is 0 Å². The van der Waals surface area contributed by atoms with Gasteiger partial charge in [-0.3, -0.25) is 14.4 Å². The van der Waals surface area contributed by atoms with Gasteiger partial charge in [0.05, 0.1) is 5.41 Å². The average Bonchev–Trinajstić information content (AvgIpc) is 2.41. The van der Waals surface area contributed by atoms with Crippen molar-refractivity contribution in [2.24, 2.45) is 23.2 Å². The molecule has 4 fully saturated rings. The quantitative estimate of drug-likeness (QED) is 0.618. The molecule has 0 heterocycles. The predicted molar refractivity (Wildman–Crippen MR) is 88.6 cm³/mol. The van der Waals surface area contributed by atoms with Crippen molar-refractivity contribution in [3.05, 3.63) is 0 Å². The molecule has 0 aromatic carbocycles. The molecule has 25 heavy (non-hydrogen) atoms. The van der Waals surface area contributed by atoms with Gasteiger partial charge in [0.2, 0.25) is 0 Å². The SMILES string of the molecule is CC(C)(C)C(=O)OC12CC3CC(C1)C(C)(OC(=O)CC(=O)O)C(C3)C2. The molecule has 2 atom stereocenters. The molecular formula is C19H28O6. The minimum Gasteiger partial charge on any atom is -0.481 e. The third kappa shape index (κ3) is 3.27. The third-order valence-corrected chi connectivity index (χ3v) is 6.31. The van der Waals surface area contributed by atoms with Gasteiger partial charge in [-0.15, -0.1) is 0 Å². The second-order valence-electron chi connectivity index (χ2n) is 9.39. The van der Waals surface area contributed by atoms with Gasteiger partial charge in [-0.25, -0.2) is 0 Å². The molecule has 6 heteroatoms. The normalized spacial score (nSPS) is 39.1. The molecule has 0 saturated heterocycles. The first-order valence-corrected chi connectivity index (χ1v) is 9.11. The van der Waals surface area contributed by atoms with Gasteiger partial charge in [0.1, 0.15) is 17.6 Å². The van der Waals surface area contributed by atoms with Crippen molar-refractivity contribution >= 4 is 17.9 Å². The Morgan fingerprint density at radius 2 is 1.60 bits per heavy atom. The molecule has 6 nitrogen and oxygen atoms in total. The second kappa shape index (κ2) is 5.71. The van der Waals surface area contributed by atoms with Crippen LogP contribution in [0.15, 0.2) is 0 Å². The van der Waals surface area contributed by atoms with Crippen LogP contribution in [-0.2, 0) is 23.9 Å². The molecule has 0 radical (unpaired) electrons. The predicted octanol–water partition coefficient (Wildman–Crippen LogP) is 2.93. The summed E-state index contributed by atoms with van der Waals surface area (Å²) in [6.07, 6.45) is 3.56. The van der Waals surface area contributed by atoms with Crippen LogP contribution < -0.4 is 0 Å². The average molecular weight is 352 g/mol. The van der Waals surface area contributed by atoms with E-state index < -0.39 is 35.0 Å². The lowest BCUT2D eigenvalue weighted by Crippen LogP contribution is -2.65. The number of carboxylic acids is 1. The van der Waals surface area contributed by atoms with Crippen molar-refractivity contribution in [3.63, 3.8) is 0 Å². The van der Waals surface area contributed by atoms with E-state index in [1.165, 1.54) is 0 Å². The fraction of sp³-hybridized carbons (Fsp3) is 0.842. The van der Waals surface area contributed by atoms with Gasteiger partial charge in [0, 0.05) is 11.8 Å². The largest absolute Gasteiger partial charge is 0.481 e. The smallest absolute Gasteiger partial charge is 0.317 e. The Bertz CT molecular complexity index is 586. The fourth-order valence-electron chi connectivity index (χ4n) is 5.16. The summed E-state index contributed by atoms with van der Waals surface area (Å²) in [4.78, 5) is 35.2. The number of carboxylic acid groups (broad SMARTS) is 1. The molecule has 140 valence electrons. The highest BCUT2D eigenvalue weighted by atomic mass is 16.6. The molecule has 1 N–H and O–H groups in total. The third-order valence-electron chi connectivity index (χ3n) is 6.31. The van der Waals surface area contributed by atoms with Crippen LogP contribution in [0, 0.1) is 23.2 Å². The van der Waals surface area contributed by atoms with E-state index in [1.807, 2.05) is 27.7 Å². The number of hydrogen-bond donors (Lipinski definition) is 1. The Morgan fingerprint density at radius 3 is 2.08 bits per heavy atom. The van der Waals surface area contributed by atoms with Crippen molar-refractivity contribution in [2.75, 3.05) is 0 Å². The first-order chi connectivity index (χ1) is 11.4. The maximum absolute atomic E-state index is 12.4. The van der Waals surface area contributed by atoms with Crippen LogP contribution in [-0.4, -0.2) is 34.2 Å². The molecule has 4 bridgehead atoms. The molecule has 0 aromatic rings. The molecule has 4 aliphatic carbocycles. The van der Waals surface area contributed by atoms with Crippen molar-refractivity contribution < 1.29 is 29.0 Å². The van der Waals surface area contributed by atoms with Crippen LogP contribution >= 0.6 is 0 Å². The van der Waals surface area contributed by atoms with E-state index in [-0.39, 0.29) is 17.8 Å². The van der Waals surface area contributed by atoms with E-state index in [4.69, 9.17) is 14.6 Å². The van der Waals surface area contributed by atoms with Crippen LogP contribution in [0.1, 0.15) is 66.2 Å². The molecular weight excluding hydrogens is 324 g/mol. The Hall–Kier alpha value is -1.59. The summed E-state index contributed by atoms with van der Waals surface area (Å²) in [5, 5.41) is 8.81. The summed E-state index contributed by atoms with van der Waals surface area (Å²) in [6.45, 7) is 7.49. The minimum atomic E-state index is -1.17. The number of hydrogen-bond acceptors (Lipinski definition) is 5. The number of carbonyl (C=O) groups is 3. The number of carbonyl (C=O) groups excluding carboxylic acids is 2. The topological polar surface area (TPSA) is 89.9 Å². The molecule has 0 aliphatic heterocycles. The Morgan fingerprint density at radius 1 is 1.04 bits per heavy atom. The maximum atomic E-state index is 12.4. The molecule has 0 amide bonds. The standard InChI is InChI=1S/C19H28O6/c1-17(2,3)16(23)25-19-8-11-5-12(9-19)18(4,13(6-11)10-19)24-15(22)7-14(20)21/h11-13H,5-10H2,1-4H3,(H,20,21). The zero-order valence-electron chi connectivity index (χ0n) is 15.5. The molecule has 4 rings (SSSR count). The highest BCUT2D eigenvalue weighted by molar-refractivity contribution is 5.90. The summed E-state index contributed by atoms with van der Waals surface area (Å²) >= 11 is 0. The van der Waals surface area contributed by atoms with Crippen LogP contribution in [0.5, 0.6) is 0 Å². The zero-order chi connectivity index (χ0) is 18.6. The number of rotatable bonds is 4. The minimum absolute atomic E-state index is 0.115. The zero-order valence-corrected chi connectivity index (χ0v) is 15.5. The lowest BCUT2D eigenvalue weighted by atomic mass is 9.48. The van der Waals surface area contributed by atoms with E-state index in [2.05, 4.69) is 0 Å². The van der Waals surface area contributed by atoms with Gasteiger partial charge in [0.15, 0.2) is 0 Å². The van der Waals surface area contributed by atoms with E-state index in [0.717, 1.165) is 19.3 Å². The summed E-state index contributed by atoms with van der Waals surface area (Å²) in [6, 6.07) is 0. The Labute approximate surface area is 148 Å². The summed E-state index contributed by atoms with van der Waals surface area (Å²) in [5.74, 6) is -1.32. The highest BCUT2D eigenvalue weighted by Crippen LogP contribution is 2.62. The monoisotopic (exact) mass is 352 g/mol. The fourth-order valence-corrected chi connectivity index (χ4v) is 5.16. The van der Waals surface area contributed by atoms with Gasteiger partial charge >= 0.3 is 17.9 Å². The van der Waals surface area contributed by atoms with E-state index in [0.29, 0.717) is 18.8 Å². The molecule has 0 aromatic heterocycles. The van der Waals surface area contributed by atoms with Crippen molar-refractivity contribution in [2.45, 2.75) is 77.4 Å². The van der Waals surface area contributed by atoms with Crippen molar-refractivity contribution in [1.82, 2.24) is 0 Å². The first-order valence-electron chi connectivity index (χ1n) is 9.11. The number of ether oxygens (including phenoxy) is 2. The second-order valence-corrected chi connectivity index (χ2v) is 9.39. The Balaban J connectivity index is 1.77. The Kier molecular flexibility index (Phi) is 4.16. The summed E-state index contributed by atoms with van der Waals surface area (Å²) in [5.41, 5.74) is -1.64. The molecule has 4 aliphatic rings. The molecule has 2 unspecified atom stereocenters. The van der Waals surface area contributed by atoms with E-state index >= 15 is 0 Å². The maximum Gasteiger partial charge on any atom is 0.317 e. The highest BCUT2D eigenvalue weighted by Gasteiger charge is 2.64. The van der Waals surface area contributed by atoms with Gasteiger partial charge in [-0.1, -0.05) is 0 Å². The van der Waals surface area contributed by atoms with Crippen molar-refractivity contribution in [1.29, 1.82) is 0 Å². The molecule has 4 saturated carbocycles.